The fourth-order valence-electron chi connectivity index (χ4n) is 2.59. The predicted octanol–water partition coefficient (Wildman–Crippen LogP) is 1.74. The summed E-state index contributed by atoms with van der Waals surface area (Å²) in [6.07, 6.45) is 6.60. The molecule has 0 amide bonds. The summed E-state index contributed by atoms with van der Waals surface area (Å²) in [5.74, 6) is 0. The highest BCUT2D eigenvalue weighted by Crippen LogP contribution is 2.26. The van der Waals surface area contributed by atoms with Crippen molar-refractivity contribution >= 4 is 0 Å². The van der Waals surface area contributed by atoms with Crippen molar-refractivity contribution in [3.63, 3.8) is 0 Å². The lowest BCUT2D eigenvalue weighted by molar-refractivity contribution is 0.278. The minimum atomic E-state index is -0.155. The third kappa shape index (κ3) is 1.94. The van der Waals surface area contributed by atoms with Crippen molar-refractivity contribution in [1.29, 1.82) is 0 Å². The third-order valence-electron chi connectivity index (χ3n) is 3.55. The van der Waals surface area contributed by atoms with Crippen molar-refractivity contribution in [2.45, 2.75) is 58.1 Å². The first-order chi connectivity index (χ1) is 7.77. The molecule has 1 aromatic rings. The number of hydrogen-bond acceptors (Lipinski definition) is 2. The average molecular weight is 224 g/mol. The predicted molar refractivity (Wildman–Crippen MR) is 62.5 cm³/mol. The molecule has 1 saturated carbocycles. The molecule has 0 aliphatic heterocycles. The zero-order valence-corrected chi connectivity index (χ0v) is 9.83. The van der Waals surface area contributed by atoms with Gasteiger partial charge in [-0.2, -0.15) is 0 Å². The monoisotopic (exact) mass is 224 g/mol. The zero-order valence-electron chi connectivity index (χ0n) is 9.83. The molecule has 1 aromatic heterocycles. The molecule has 1 fully saturated rings. The summed E-state index contributed by atoms with van der Waals surface area (Å²) < 4.78 is 1.74. The molecule has 0 saturated heterocycles. The van der Waals surface area contributed by atoms with E-state index in [0.29, 0.717) is 11.6 Å². The Morgan fingerprint density at radius 3 is 2.56 bits per heavy atom. The molecular weight excluding hydrogens is 204 g/mol. The third-order valence-corrected chi connectivity index (χ3v) is 3.55. The summed E-state index contributed by atoms with van der Waals surface area (Å²) >= 11 is 0. The molecule has 2 rings (SSSR count). The van der Waals surface area contributed by atoms with Gasteiger partial charge in [0.2, 0.25) is 0 Å². The summed E-state index contributed by atoms with van der Waals surface area (Å²) in [4.78, 5) is 12.1. The first kappa shape index (κ1) is 11.5. The Morgan fingerprint density at radius 2 is 2.06 bits per heavy atom. The van der Waals surface area contributed by atoms with Crippen molar-refractivity contribution in [2.75, 3.05) is 0 Å². The number of aliphatic hydroxyl groups is 1. The normalized spacial score (nSPS) is 17.9. The second kappa shape index (κ2) is 4.87. The summed E-state index contributed by atoms with van der Waals surface area (Å²) in [7, 11) is 0. The van der Waals surface area contributed by atoms with E-state index in [1.807, 2.05) is 6.92 Å². The van der Waals surface area contributed by atoms with Crippen LogP contribution in [0.5, 0.6) is 0 Å². The van der Waals surface area contributed by atoms with E-state index in [1.165, 1.54) is 19.3 Å². The number of hydrogen-bond donors (Lipinski definition) is 2. The number of aromatic nitrogens is 2. The van der Waals surface area contributed by atoms with Gasteiger partial charge in [-0.25, -0.2) is 4.68 Å². The summed E-state index contributed by atoms with van der Waals surface area (Å²) in [6, 6.07) is 0.312. The van der Waals surface area contributed by atoms with E-state index in [1.54, 1.807) is 4.68 Å². The molecule has 1 heterocycles. The number of nitrogens with one attached hydrogen (secondary N) is 1. The number of nitrogens with zero attached hydrogens (tertiary/aromatic N) is 1. The number of aromatic amines is 1. The Balaban J connectivity index is 2.33. The molecule has 0 atom stereocenters. The van der Waals surface area contributed by atoms with Crippen LogP contribution in [0.4, 0.5) is 0 Å². The Bertz CT molecular complexity index is 400. The van der Waals surface area contributed by atoms with Crippen LogP contribution in [0.3, 0.4) is 0 Å². The molecule has 0 aromatic carbocycles. The van der Waals surface area contributed by atoms with Gasteiger partial charge >= 0.3 is 0 Å². The van der Waals surface area contributed by atoms with Gasteiger partial charge in [0.05, 0.1) is 18.2 Å². The number of H-pyrrole nitrogens is 1. The van der Waals surface area contributed by atoms with Crippen LogP contribution in [-0.2, 0) is 13.0 Å². The van der Waals surface area contributed by atoms with Gasteiger partial charge < -0.3 is 5.11 Å². The molecule has 0 unspecified atom stereocenters. The molecule has 4 heteroatoms. The van der Waals surface area contributed by atoms with E-state index in [9.17, 15) is 9.90 Å². The zero-order chi connectivity index (χ0) is 11.5. The van der Waals surface area contributed by atoms with E-state index >= 15 is 0 Å². The van der Waals surface area contributed by atoms with Crippen molar-refractivity contribution in [3.8, 4) is 0 Å². The van der Waals surface area contributed by atoms with Crippen LogP contribution in [0.15, 0.2) is 4.79 Å². The van der Waals surface area contributed by atoms with Crippen LogP contribution in [0.2, 0.25) is 0 Å². The lowest BCUT2D eigenvalue weighted by Crippen LogP contribution is -2.25. The van der Waals surface area contributed by atoms with Crippen LogP contribution in [-0.4, -0.2) is 14.9 Å². The minimum absolute atomic E-state index is 0.0220. The molecule has 2 N–H and O–H groups in total. The van der Waals surface area contributed by atoms with Gasteiger partial charge in [-0.3, -0.25) is 9.89 Å². The average Bonchev–Trinajstić information content (AvgIpc) is 2.66. The highest BCUT2D eigenvalue weighted by Gasteiger charge is 2.20. The van der Waals surface area contributed by atoms with Crippen molar-refractivity contribution in [3.05, 3.63) is 21.6 Å². The largest absolute Gasteiger partial charge is 0.391 e. The maximum atomic E-state index is 12.1. The van der Waals surface area contributed by atoms with Crippen LogP contribution >= 0.6 is 0 Å². The first-order valence-corrected chi connectivity index (χ1v) is 6.21. The van der Waals surface area contributed by atoms with Gasteiger partial charge in [-0.1, -0.05) is 26.2 Å². The summed E-state index contributed by atoms with van der Waals surface area (Å²) in [5.41, 5.74) is 1.41. The van der Waals surface area contributed by atoms with Crippen LogP contribution in [0.1, 0.15) is 56.3 Å². The topological polar surface area (TPSA) is 58.0 Å². The fraction of sp³-hybridized carbons (Fsp3) is 0.750. The molecule has 1 aliphatic rings. The number of rotatable bonds is 3. The quantitative estimate of drug-likeness (QED) is 0.821. The Kier molecular flexibility index (Phi) is 3.49. The second-order valence-corrected chi connectivity index (χ2v) is 4.55. The van der Waals surface area contributed by atoms with Gasteiger partial charge in [0.15, 0.2) is 0 Å². The lowest BCUT2D eigenvalue weighted by Gasteiger charge is -2.21. The van der Waals surface area contributed by atoms with E-state index in [2.05, 4.69) is 5.10 Å². The lowest BCUT2D eigenvalue weighted by atomic mass is 9.96. The Morgan fingerprint density at radius 1 is 1.38 bits per heavy atom. The summed E-state index contributed by atoms with van der Waals surface area (Å²) in [5, 5.41) is 12.4. The van der Waals surface area contributed by atoms with Gasteiger partial charge in [0.1, 0.15) is 0 Å². The molecule has 0 spiro atoms. The van der Waals surface area contributed by atoms with Gasteiger partial charge in [-0.05, 0) is 19.3 Å². The van der Waals surface area contributed by atoms with E-state index < -0.39 is 0 Å². The number of aryl methyl sites for hydroxylation is 1. The van der Waals surface area contributed by atoms with E-state index in [-0.39, 0.29) is 12.2 Å². The molecular formula is C12H20N2O2. The standard InChI is InChI=1S/C12H20N2O2/c1-2-11-10(8-15)12(16)14(13-11)9-6-4-3-5-7-9/h9,13,15H,2-8H2,1H3. The summed E-state index contributed by atoms with van der Waals surface area (Å²) in [6.45, 7) is 1.84. The molecule has 16 heavy (non-hydrogen) atoms. The van der Waals surface area contributed by atoms with Crippen LogP contribution in [0, 0.1) is 0 Å². The van der Waals surface area contributed by atoms with Gasteiger partial charge in [0.25, 0.3) is 5.56 Å². The second-order valence-electron chi connectivity index (χ2n) is 4.55. The molecule has 0 bridgehead atoms. The molecule has 0 radical (unpaired) electrons. The molecule has 4 nitrogen and oxygen atoms in total. The van der Waals surface area contributed by atoms with E-state index in [0.717, 1.165) is 25.0 Å². The smallest absolute Gasteiger partial charge is 0.272 e. The van der Waals surface area contributed by atoms with Crippen molar-refractivity contribution < 1.29 is 5.11 Å². The van der Waals surface area contributed by atoms with Crippen molar-refractivity contribution in [2.24, 2.45) is 0 Å². The van der Waals surface area contributed by atoms with Gasteiger partial charge in [-0.15, -0.1) is 0 Å². The first-order valence-electron chi connectivity index (χ1n) is 6.21. The highest BCUT2D eigenvalue weighted by atomic mass is 16.3. The number of aliphatic hydroxyl groups excluding tert-OH is 1. The van der Waals surface area contributed by atoms with Crippen LogP contribution in [0.25, 0.3) is 0 Å². The Hall–Kier alpha value is -1.03. The Labute approximate surface area is 95.3 Å². The molecule has 90 valence electrons. The fourth-order valence-corrected chi connectivity index (χ4v) is 2.59. The van der Waals surface area contributed by atoms with Gasteiger partial charge in [0, 0.05) is 5.69 Å². The maximum absolute atomic E-state index is 12.1. The van der Waals surface area contributed by atoms with Crippen LogP contribution < -0.4 is 5.56 Å². The maximum Gasteiger partial charge on any atom is 0.272 e. The minimum Gasteiger partial charge on any atom is -0.391 e. The molecule has 1 aliphatic carbocycles. The van der Waals surface area contributed by atoms with Crippen molar-refractivity contribution in [1.82, 2.24) is 9.78 Å². The van der Waals surface area contributed by atoms with E-state index in [4.69, 9.17) is 0 Å². The highest BCUT2D eigenvalue weighted by molar-refractivity contribution is 5.16. The SMILES string of the molecule is CCc1[nH]n(C2CCCCC2)c(=O)c1CO.